The fraction of sp³-hybridized carbons (Fsp3) is 0.462. The van der Waals surface area contributed by atoms with Crippen LogP contribution < -0.4 is 5.32 Å². The lowest BCUT2D eigenvalue weighted by molar-refractivity contribution is -0.143. The quantitative estimate of drug-likeness (QED) is 0.696. The fourth-order valence-electron chi connectivity index (χ4n) is 1.56. The Kier molecular flexibility index (Phi) is 5.12. The minimum Gasteiger partial charge on any atom is -0.480 e. The zero-order valence-electron chi connectivity index (χ0n) is 10.1. The van der Waals surface area contributed by atoms with Crippen LogP contribution in [-0.2, 0) is 11.3 Å². The number of carbonyl (C=O) groups is 1. The summed E-state index contributed by atoms with van der Waals surface area (Å²) in [6.45, 7) is 4.02. The molecule has 0 aliphatic heterocycles. The second-order valence-corrected chi connectivity index (χ2v) is 4.42. The lowest BCUT2D eigenvalue weighted by atomic mass is 9.99. The summed E-state index contributed by atoms with van der Waals surface area (Å²) in [6, 6.07) is 8.58. The Hall–Kier alpha value is -1.39. The SMILES string of the molecule is CC(C)[C@@H](O)[C@@H](NCc1ccccc1)C(=O)O. The maximum absolute atomic E-state index is 11.0. The molecule has 0 unspecified atom stereocenters. The molecule has 0 radical (unpaired) electrons. The van der Waals surface area contributed by atoms with Crippen molar-refractivity contribution in [2.24, 2.45) is 5.92 Å². The first kappa shape index (κ1) is 13.7. The van der Waals surface area contributed by atoms with Crippen molar-refractivity contribution in [3.63, 3.8) is 0 Å². The third-order valence-electron chi connectivity index (χ3n) is 2.66. The van der Waals surface area contributed by atoms with Gasteiger partial charge in [0.2, 0.25) is 0 Å². The summed E-state index contributed by atoms with van der Waals surface area (Å²) >= 11 is 0. The van der Waals surface area contributed by atoms with Gasteiger partial charge in [-0.1, -0.05) is 44.2 Å². The van der Waals surface area contributed by atoms with Crippen molar-refractivity contribution in [3.8, 4) is 0 Å². The van der Waals surface area contributed by atoms with Crippen molar-refractivity contribution in [2.75, 3.05) is 0 Å². The fourth-order valence-corrected chi connectivity index (χ4v) is 1.56. The van der Waals surface area contributed by atoms with E-state index in [2.05, 4.69) is 5.32 Å². The predicted octanol–water partition coefficient (Wildman–Crippen LogP) is 1.25. The van der Waals surface area contributed by atoms with Crippen LogP contribution in [0.4, 0.5) is 0 Å². The van der Waals surface area contributed by atoms with Crippen LogP contribution in [0.5, 0.6) is 0 Å². The molecule has 0 aliphatic carbocycles. The molecule has 0 saturated carbocycles. The van der Waals surface area contributed by atoms with E-state index < -0.39 is 18.1 Å². The van der Waals surface area contributed by atoms with Gasteiger partial charge < -0.3 is 10.2 Å². The highest BCUT2D eigenvalue weighted by atomic mass is 16.4. The molecule has 1 aromatic carbocycles. The Labute approximate surface area is 101 Å². The van der Waals surface area contributed by atoms with Gasteiger partial charge in [-0.2, -0.15) is 0 Å². The number of nitrogens with one attached hydrogen (secondary N) is 1. The summed E-state index contributed by atoms with van der Waals surface area (Å²) in [5, 5.41) is 21.7. The molecule has 3 N–H and O–H groups in total. The standard InChI is InChI=1S/C13H19NO3/c1-9(2)12(15)11(13(16)17)14-8-10-6-4-3-5-7-10/h3-7,9,11-12,14-15H,8H2,1-2H3,(H,16,17)/t11-,12-/m1/s1. The molecule has 0 aromatic heterocycles. The van der Waals surface area contributed by atoms with E-state index in [-0.39, 0.29) is 5.92 Å². The van der Waals surface area contributed by atoms with Crippen molar-refractivity contribution >= 4 is 5.97 Å². The Bertz CT molecular complexity index is 351. The maximum Gasteiger partial charge on any atom is 0.323 e. The zero-order valence-corrected chi connectivity index (χ0v) is 10.1. The smallest absolute Gasteiger partial charge is 0.323 e. The van der Waals surface area contributed by atoms with Crippen molar-refractivity contribution in [1.29, 1.82) is 0 Å². The second-order valence-electron chi connectivity index (χ2n) is 4.42. The van der Waals surface area contributed by atoms with E-state index in [0.29, 0.717) is 6.54 Å². The summed E-state index contributed by atoms with van der Waals surface area (Å²) in [7, 11) is 0. The molecule has 2 atom stereocenters. The summed E-state index contributed by atoms with van der Waals surface area (Å²) in [6.07, 6.45) is -0.892. The van der Waals surface area contributed by atoms with Crippen molar-refractivity contribution in [1.82, 2.24) is 5.32 Å². The van der Waals surface area contributed by atoms with Gasteiger partial charge in [-0.25, -0.2) is 0 Å². The van der Waals surface area contributed by atoms with E-state index in [4.69, 9.17) is 5.11 Å². The van der Waals surface area contributed by atoms with Crippen LogP contribution in [0.3, 0.4) is 0 Å². The van der Waals surface area contributed by atoms with Gasteiger partial charge in [0.15, 0.2) is 0 Å². The first-order valence-electron chi connectivity index (χ1n) is 5.70. The van der Waals surface area contributed by atoms with E-state index in [0.717, 1.165) is 5.56 Å². The van der Waals surface area contributed by atoms with Crippen LogP contribution >= 0.6 is 0 Å². The van der Waals surface area contributed by atoms with Gasteiger partial charge in [-0.15, -0.1) is 0 Å². The Morgan fingerprint density at radius 3 is 2.35 bits per heavy atom. The van der Waals surface area contributed by atoms with E-state index in [1.807, 2.05) is 30.3 Å². The molecular weight excluding hydrogens is 218 g/mol. The summed E-state index contributed by atoms with van der Waals surface area (Å²) in [5.74, 6) is -1.12. The second kappa shape index (κ2) is 6.37. The molecule has 0 bridgehead atoms. The molecule has 1 rings (SSSR count). The number of carboxylic acid groups (broad SMARTS) is 1. The van der Waals surface area contributed by atoms with Crippen LogP contribution in [0.15, 0.2) is 30.3 Å². The number of aliphatic carboxylic acids is 1. The largest absolute Gasteiger partial charge is 0.480 e. The molecule has 0 fully saturated rings. The highest BCUT2D eigenvalue weighted by molar-refractivity contribution is 5.74. The lowest BCUT2D eigenvalue weighted by Crippen LogP contribution is -2.47. The highest BCUT2D eigenvalue weighted by Gasteiger charge is 2.28. The van der Waals surface area contributed by atoms with Crippen LogP contribution in [-0.4, -0.2) is 28.3 Å². The molecule has 17 heavy (non-hydrogen) atoms. The number of hydrogen-bond acceptors (Lipinski definition) is 3. The molecule has 0 saturated heterocycles. The maximum atomic E-state index is 11.0. The third kappa shape index (κ3) is 4.17. The normalized spacial score (nSPS) is 14.6. The predicted molar refractivity (Wildman–Crippen MR) is 65.6 cm³/mol. The summed E-state index contributed by atoms with van der Waals surface area (Å²) in [5.41, 5.74) is 0.995. The topological polar surface area (TPSA) is 69.6 Å². The van der Waals surface area contributed by atoms with Crippen molar-refractivity contribution < 1.29 is 15.0 Å². The number of benzene rings is 1. The molecular formula is C13H19NO3. The third-order valence-corrected chi connectivity index (χ3v) is 2.66. The Morgan fingerprint density at radius 2 is 1.88 bits per heavy atom. The van der Waals surface area contributed by atoms with Crippen LogP contribution in [0.2, 0.25) is 0 Å². The minimum atomic E-state index is -1.03. The van der Waals surface area contributed by atoms with E-state index in [9.17, 15) is 9.90 Å². The van der Waals surface area contributed by atoms with Crippen LogP contribution in [0, 0.1) is 5.92 Å². The Morgan fingerprint density at radius 1 is 1.29 bits per heavy atom. The monoisotopic (exact) mass is 237 g/mol. The van der Waals surface area contributed by atoms with Crippen LogP contribution in [0.1, 0.15) is 19.4 Å². The van der Waals surface area contributed by atoms with Gasteiger partial charge in [0.05, 0.1) is 6.10 Å². The average Bonchev–Trinajstić information content (AvgIpc) is 2.29. The molecule has 4 heteroatoms. The van der Waals surface area contributed by atoms with Gasteiger partial charge in [0.1, 0.15) is 6.04 Å². The molecule has 0 aliphatic rings. The molecule has 1 aromatic rings. The van der Waals surface area contributed by atoms with E-state index in [1.165, 1.54) is 0 Å². The molecule has 0 spiro atoms. The molecule has 0 amide bonds. The first-order valence-corrected chi connectivity index (χ1v) is 5.70. The molecule has 0 heterocycles. The first-order chi connectivity index (χ1) is 8.02. The lowest BCUT2D eigenvalue weighted by Gasteiger charge is -2.23. The summed E-state index contributed by atoms with van der Waals surface area (Å²) < 4.78 is 0. The van der Waals surface area contributed by atoms with E-state index >= 15 is 0 Å². The Balaban J connectivity index is 2.60. The van der Waals surface area contributed by atoms with Gasteiger partial charge in [0, 0.05) is 6.54 Å². The van der Waals surface area contributed by atoms with Gasteiger partial charge in [-0.05, 0) is 11.5 Å². The number of carboxylic acids is 1. The van der Waals surface area contributed by atoms with Gasteiger partial charge in [0.25, 0.3) is 0 Å². The van der Waals surface area contributed by atoms with Gasteiger partial charge >= 0.3 is 5.97 Å². The van der Waals surface area contributed by atoms with Crippen molar-refractivity contribution in [2.45, 2.75) is 32.5 Å². The van der Waals surface area contributed by atoms with Crippen molar-refractivity contribution in [3.05, 3.63) is 35.9 Å². The van der Waals surface area contributed by atoms with Crippen LogP contribution in [0.25, 0.3) is 0 Å². The van der Waals surface area contributed by atoms with Gasteiger partial charge in [-0.3, -0.25) is 10.1 Å². The minimum absolute atomic E-state index is 0.0978. The van der Waals surface area contributed by atoms with E-state index in [1.54, 1.807) is 13.8 Å². The number of rotatable bonds is 6. The highest BCUT2D eigenvalue weighted by Crippen LogP contribution is 2.08. The number of aliphatic hydroxyl groups excluding tert-OH is 1. The molecule has 94 valence electrons. The average molecular weight is 237 g/mol. The zero-order chi connectivity index (χ0) is 12.8. The summed E-state index contributed by atoms with van der Waals surface area (Å²) in [4.78, 5) is 11.0. The number of hydrogen-bond donors (Lipinski definition) is 3. The number of aliphatic hydroxyl groups is 1. The molecule has 4 nitrogen and oxygen atoms in total.